The molecule has 0 spiro atoms. The third-order valence-corrected chi connectivity index (χ3v) is 2.02. The summed E-state index contributed by atoms with van der Waals surface area (Å²) in [5.41, 5.74) is -0.990. The van der Waals surface area contributed by atoms with E-state index in [1.165, 1.54) is 0 Å². The molecule has 0 saturated carbocycles. The van der Waals surface area contributed by atoms with Gasteiger partial charge in [0.15, 0.2) is 0 Å². The van der Waals surface area contributed by atoms with E-state index in [9.17, 15) is 5.11 Å². The maximum atomic E-state index is 9.68. The van der Waals surface area contributed by atoms with Gasteiger partial charge in [0, 0.05) is 12.0 Å². The van der Waals surface area contributed by atoms with Crippen LogP contribution in [-0.2, 0) is 0 Å². The molecule has 1 aliphatic heterocycles. The highest BCUT2D eigenvalue weighted by atomic mass is 32.1. The van der Waals surface area contributed by atoms with Gasteiger partial charge in [0.25, 0.3) is 0 Å². The van der Waals surface area contributed by atoms with Crippen LogP contribution in [0, 0.1) is 0 Å². The van der Waals surface area contributed by atoms with E-state index in [0.717, 1.165) is 0 Å². The first-order valence-electron chi connectivity index (χ1n) is 3.77. The first-order chi connectivity index (χ1) is 4.81. The smallest absolute Gasteiger partial charge is 0.116 e. The topological polar surface area (TPSA) is 44.3 Å². The molecule has 3 nitrogen and oxygen atoms in total. The SMILES string of the molecule is CC1(C)C[C@](C)(O)N[C@H](S)N1. The fraction of sp³-hybridized carbons (Fsp3) is 1.00. The first-order valence-corrected chi connectivity index (χ1v) is 4.28. The van der Waals surface area contributed by atoms with Gasteiger partial charge in [-0.3, -0.25) is 10.6 Å². The summed E-state index contributed by atoms with van der Waals surface area (Å²) in [4.78, 5) is 0. The minimum atomic E-state index is -0.804. The average Bonchev–Trinajstić information content (AvgIpc) is 1.49. The Morgan fingerprint density at radius 3 is 2.27 bits per heavy atom. The Morgan fingerprint density at radius 1 is 1.36 bits per heavy atom. The van der Waals surface area contributed by atoms with E-state index < -0.39 is 5.72 Å². The Balaban J connectivity index is 2.66. The molecule has 11 heavy (non-hydrogen) atoms. The highest BCUT2D eigenvalue weighted by Crippen LogP contribution is 2.23. The molecule has 0 aromatic carbocycles. The van der Waals surface area contributed by atoms with E-state index in [1.807, 2.05) is 13.8 Å². The minimum Gasteiger partial charge on any atom is -0.376 e. The predicted octanol–water partition coefficient (Wildman–Crippen LogP) is 0.270. The molecule has 1 aliphatic rings. The van der Waals surface area contributed by atoms with Crippen molar-refractivity contribution in [2.45, 2.75) is 44.0 Å². The van der Waals surface area contributed by atoms with Crippen LogP contribution in [0.2, 0.25) is 0 Å². The van der Waals surface area contributed by atoms with Crippen LogP contribution in [0.15, 0.2) is 0 Å². The molecule has 0 aliphatic carbocycles. The van der Waals surface area contributed by atoms with Gasteiger partial charge in [0.1, 0.15) is 11.2 Å². The van der Waals surface area contributed by atoms with E-state index >= 15 is 0 Å². The number of nitrogens with one attached hydrogen (secondary N) is 2. The lowest BCUT2D eigenvalue weighted by molar-refractivity contribution is -0.0377. The van der Waals surface area contributed by atoms with Crippen molar-refractivity contribution in [1.82, 2.24) is 10.6 Å². The molecule has 0 aromatic rings. The van der Waals surface area contributed by atoms with Gasteiger partial charge in [0.2, 0.25) is 0 Å². The van der Waals surface area contributed by atoms with Crippen LogP contribution in [0.25, 0.3) is 0 Å². The maximum Gasteiger partial charge on any atom is 0.116 e. The fourth-order valence-electron chi connectivity index (χ4n) is 1.66. The lowest BCUT2D eigenvalue weighted by atomic mass is 9.92. The monoisotopic (exact) mass is 176 g/mol. The summed E-state index contributed by atoms with van der Waals surface area (Å²) in [6.45, 7) is 5.86. The van der Waals surface area contributed by atoms with Gasteiger partial charge in [-0.05, 0) is 20.8 Å². The number of aliphatic hydroxyl groups is 1. The van der Waals surface area contributed by atoms with Crippen molar-refractivity contribution in [3.63, 3.8) is 0 Å². The van der Waals surface area contributed by atoms with Crippen molar-refractivity contribution in [1.29, 1.82) is 0 Å². The van der Waals surface area contributed by atoms with Gasteiger partial charge in [-0.15, -0.1) is 12.6 Å². The Labute approximate surface area is 73.0 Å². The summed E-state index contributed by atoms with van der Waals surface area (Å²) < 4.78 is 0. The average molecular weight is 176 g/mol. The Morgan fingerprint density at radius 2 is 1.91 bits per heavy atom. The van der Waals surface area contributed by atoms with Gasteiger partial charge in [0.05, 0.1) is 0 Å². The Kier molecular flexibility index (Phi) is 2.22. The van der Waals surface area contributed by atoms with Crippen LogP contribution < -0.4 is 10.6 Å². The molecule has 1 fully saturated rings. The van der Waals surface area contributed by atoms with Crippen LogP contribution in [0.3, 0.4) is 0 Å². The molecule has 4 heteroatoms. The van der Waals surface area contributed by atoms with Crippen LogP contribution in [-0.4, -0.2) is 21.9 Å². The second-order valence-electron chi connectivity index (χ2n) is 4.03. The Hall–Kier alpha value is 0.230. The zero-order valence-corrected chi connectivity index (χ0v) is 8.07. The van der Waals surface area contributed by atoms with Crippen LogP contribution >= 0.6 is 12.6 Å². The maximum absolute atomic E-state index is 9.68. The van der Waals surface area contributed by atoms with E-state index in [2.05, 4.69) is 23.3 Å². The summed E-state index contributed by atoms with van der Waals surface area (Å²) >= 11 is 4.21. The van der Waals surface area contributed by atoms with Crippen LogP contribution in [0.1, 0.15) is 27.2 Å². The summed E-state index contributed by atoms with van der Waals surface area (Å²) in [6, 6.07) is 0. The van der Waals surface area contributed by atoms with E-state index in [4.69, 9.17) is 0 Å². The van der Waals surface area contributed by atoms with Gasteiger partial charge in [-0.1, -0.05) is 0 Å². The molecule has 1 heterocycles. The fourth-order valence-corrected chi connectivity index (χ4v) is 2.29. The van der Waals surface area contributed by atoms with E-state index in [1.54, 1.807) is 6.92 Å². The van der Waals surface area contributed by atoms with E-state index in [-0.39, 0.29) is 11.0 Å². The normalized spacial score (nSPS) is 43.9. The summed E-state index contributed by atoms with van der Waals surface area (Å²) in [6.07, 6.45) is 0.678. The van der Waals surface area contributed by atoms with E-state index in [0.29, 0.717) is 6.42 Å². The minimum absolute atomic E-state index is 0.0544. The molecule has 0 unspecified atom stereocenters. The van der Waals surface area contributed by atoms with Crippen LogP contribution in [0.5, 0.6) is 0 Å². The summed E-state index contributed by atoms with van der Waals surface area (Å²) in [5, 5.41) is 15.8. The molecule has 2 atom stereocenters. The number of thiol groups is 1. The quantitative estimate of drug-likeness (QED) is 0.401. The van der Waals surface area contributed by atoms with Crippen molar-refractivity contribution in [3.05, 3.63) is 0 Å². The second-order valence-corrected chi connectivity index (χ2v) is 4.54. The first kappa shape index (κ1) is 9.32. The third-order valence-electron chi connectivity index (χ3n) is 1.76. The summed E-state index contributed by atoms with van der Waals surface area (Å²) in [5.74, 6) is 0. The van der Waals surface area contributed by atoms with Crippen molar-refractivity contribution in [2.75, 3.05) is 0 Å². The third kappa shape index (κ3) is 2.63. The van der Waals surface area contributed by atoms with Crippen molar-refractivity contribution in [3.8, 4) is 0 Å². The number of hydrogen-bond donors (Lipinski definition) is 4. The zero-order valence-electron chi connectivity index (χ0n) is 7.18. The zero-order chi connectivity index (χ0) is 8.70. The van der Waals surface area contributed by atoms with Crippen molar-refractivity contribution in [2.24, 2.45) is 0 Å². The number of rotatable bonds is 0. The molecule has 0 radical (unpaired) electrons. The second kappa shape index (κ2) is 2.62. The molecule has 0 aromatic heterocycles. The number of hydrogen-bond acceptors (Lipinski definition) is 4. The highest BCUT2D eigenvalue weighted by molar-refractivity contribution is 7.80. The van der Waals surface area contributed by atoms with Crippen molar-refractivity contribution < 1.29 is 5.11 Å². The van der Waals surface area contributed by atoms with Gasteiger partial charge in [-0.2, -0.15) is 0 Å². The van der Waals surface area contributed by atoms with Gasteiger partial charge in [-0.25, -0.2) is 0 Å². The molecular weight excluding hydrogens is 160 g/mol. The lowest BCUT2D eigenvalue weighted by Gasteiger charge is -2.44. The largest absolute Gasteiger partial charge is 0.376 e. The molecule has 0 bridgehead atoms. The Bertz CT molecular complexity index is 143. The van der Waals surface area contributed by atoms with Gasteiger partial charge >= 0.3 is 0 Å². The van der Waals surface area contributed by atoms with Crippen molar-refractivity contribution >= 4 is 12.6 Å². The molecule has 66 valence electrons. The molecule has 3 N–H and O–H groups in total. The molecule has 1 saturated heterocycles. The standard InChI is InChI=1S/C7H16N2OS/c1-6(2)4-7(3,10)9-5(11)8-6/h5,8-11H,4H2,1-3H3/t5-,7+/m1/s1. The lowest BCUT2D eigenvalue weighted by Crippen LogP contribution is -2.65. The highest BCUT2D eigenvalue weighted by Gasteiger charge is 2.37. The molecule has 0 amide bonds. The van der Waals surface area contributed by atoms with Gasteiger partial charge < -0.3 is 5.11 Å². The molecule has 1 rings (SSSR count). The molecular formula is C7H16N2OS. The summed E-state index contributed by atoms with van der Waals surface area (Å²) in [7, 11) is 0. The van der Waals surface area contributed by atoms with Crippen LogP contribution in [0.4, 0.5) is 0 Å². The predicted molar refractivity (Wildman–Crippen MR) is 48.4 cm³/mol.